The van der Waals surface area contributed by atoms with Crippen LogP contribution < -0.4 is 10.6 Å². The number of thioether (sulfide) groups is 1. The first kappa shape index (κ1) is 18.0. The van der Waals surface area contributed by atoms with E-state index in [0.29, 0.717) is 0 Å². The first-order valence-corrected chi connectivity index (χ1v) is 9.85. The van der Waals surface area contributed by atoms with Crippen LogP contribution in [0.15, 0.2) is 66.1 Å². The van der Waals surface area contributed by atoms with Crippen LogP contribution in [0.25, 0.3) is 0 Å². The van der Waals surface area contributed by atoms with Gasteiger partial charge < -0.3 is 15.5 Å². The second-order valence-corrected chi connectivity index (χ2v) is 8.12. The summed E-state index contributed by atoms with van der Waals surface area (Å²) in [6.45, 7) is 2.20. The Labute approximate surface area is 164 Å². The maximum absolute atomic E-state index is 6.38. The van der Waals surface area contributed by atoms with E-state index in [9.17, 15) is 0 Å². The van der Waals surface area contributed by atoms with Crippen LogP contribution in [-0.2, 0) is 0 Å². The molecule has 27 heavy (non-hydrogen) atoms. The Morgan fingerprint density at radius 3 is 2.52 bits per heavy atom. The number of rotatable bonds is 5. The maximum Gasteiger partial charge on any atom is 0.137 e. The van der Waals surface area contributed by atoms with Crippen molar-refractivity contribution in [2.75, 3.05) is 19.0 Å². The molecular formula is C20H24N6S. The summed E-state index contributed by atoms with van der Waals surface area (Å²) >= 11 is 1.69. The molecule has 0 spiro atoms. The summed E-state index contributed by atoms with van der Waals surface area (Å²) in [6.07, 6.45) is 3.36. The molecule has 0 radical (unpaired) electrons. The van der Waals surface area contributed by atoms with Crippen molar-refractivity contribution < 1.29 is 0 Å². The molecule has 0 saturated carbocycles. The van der Waals surface area contributed by atoms with Crippen molar-refractivity contribution in [2.24, 2.45) is 5.73 Å². The number of aromatic nitrogens is 3. The third kappa shape index (κ3) is 3.34. The van der Waals surface area contributed by atoms with Crippen molar-refractivity contribution in [2.45, 2.75) is 29.4 Å². The molecule has 0 saturated heterocycles. The molecule has 0 amide bonds. The van der Waals surface area contributed by atoms with Gasteiger partial charge in [-0.25, -0.2) is 9.67 Å². The van der Waals surface area contributed by atoms with E-state index in [-0.39, 0.29) is 17.6 Å². The van der Waals surface area contributed by atoms with Gasteiger partial charge in [-0.05, 0) is 50.8 Å². The molecule has 1 aliphatic rings. The number of hydrogen-bond donors (Lipinski definition) is 1. The lowest BCUT2D eigenvalue weighted by atomic mass is 9.99. The predicted molar refractivity (Wildman–Crippen MR) is 110 cm³/mol. The molecule has 0 bridgehead atoms. The minimum absolute atomic E-state index is 0.0884. The van der Waals surface area contributed by atoms with Crippen molar-refractivity contribution in [1.82, 2.24) is 19.7 Å². The molecule has 3 aromatic rings. The van der Waals surface area contributed by atoms with Crippen molar-refractivity contribution >= 4 is 23.1 Å². The van der Waals surface area contributed by atoms with Gasteiger partial charge in [0.25, 0.3) is 0 Å². The van der Waals surface area contributed by atoms with E-state index in [1.807, 2.05) is 4.68 Å². The summed E-state index contributed by atoms with van der Waals surface area (Å²) in [5.74, 6) is 0. The highest BCUT2D eigenvalue weighted by molar-refractivity contribution is 8.00. The van der Waals surface area contributed by atoms with Crippen LogP contribution in [0.3, 0.4) is 0 Å². The fraction of sp³-hybridized carbons (Fsp3) is 0.300. The van der Waals surface area contributed by atoms with Gasteiger partial charge in [0.2, 0.25) is 0 Å². The number of fused-ring (bicyclic) bond motifs is 1. The van der Waals surface area contributed by atoms with Crippen molar-refractivity contribution in [3.05, 3.63) is 66.7 Å². The lowest BCUT2D eigenvalue weighted by molar-refractivity contribution is 0.242. The molecule has 4 rings (SSSR count). The lowest BCUT2D eigenvalue weighted by Gasteiger charge is -2.30. The third-order valence-electron chi connectivity index (χ3n) is 5.13. The Kier molecular flexibility index (Phi) is 4.90. The molecule has 0 aliphatic carbocycles. The highest BCUT2D eigenvalue weighted by atomic mass is 32.2. The molecule has 1 aromatic heterocycles. The van der Waals surface area contributed by atoms with E-state index < -0.39 is 0 Å². The maximum atomic E-state index is 6.38. The van der Waals surface area contributed by atoms with Gasteiger partial charge in [-0.15, -0.1) is 0 Å². The minimum atomic E-state index is -0.111. The monoisotopic (exact) mass is 380 g/mol. The zero-order chi connectivity index (χ0) is 19.0. The van der Waals surface area contributed by atoms with Crippen molar-refractivity contribution in [1.29, 1.82) is 0 Å². The number of benzene rings is 2. The molecule has 2 aromatic carbocycles. The molecule has 2 heterocycles. The van der Waals surface area contributed by atoms with Gasteiger partial charge in [0, 0.05) is 16.6 Å². The van der Waals surface area contributed by atoms with E-state index >= 15 is 0 Å². The average Bonchev–Trinajstić information content (AvgIpc) is 3.29. The van der Waals surface area contributed by atoms with Crippen molar-refractivity contribution in [3.63, 3.8) is 0 Å². The molecule has 6 nitrogen and oxygen atoms in total. The van der Waals surface area contributed by atoms with Crippen LogP contribution in [-0.4, -0.2) is 45.3 Å². The largest absolute Gasteiger partial charge is 0.315 e. The van der Waals surface area contributed by atoms with E-state index in [1.165, 1.54) is 10.5 Å². The van der Waals surface area contributed by atoms with Crippen LogP contribution in [0.5, 0.6) is 0 Å². The summed E-state index contributed by atoms with van der Waals surface area (Å²) in [7, 11) is 4.17. The molecule has 2 N–H and O–H groups in total. The number of anilines is 2. The lowest BCUT2D eigenvalue weighted by Crippen LogP contribution is -2.35. The van der Waals surface area contributed by atoms with Crippen LogP contribution in [0.2, 0.25) is 0 Å². The van der Waals surface area contributed by atoms with Gasteiger partial charge >= 0.3 is 0 Å². The normalized spacial score (nSPS) is 18.6. The molecule has 7 heteroatoms. The first-order valence-electron chi connectivity index (χ1n) is 8.97. The zero-order valence-corrected chi connectivity index (χ0v) is 16.5. The Balaban J connectivity index is 1.67. The molecule has 1 aliphatic heterocycles. The smallest absolute Gasteiger partial charge is 0.137 e. The van der Waals surface area contributed by atoms with E-state index in [4.69, 9.17) is 5.73 Å². The van der Waals surface area contributed by atoms with E-state index in [1.54, 1.807) is 24.4 Å². The fourth-order valence-electron chi connectivity index (χ4n) is 3.49. The van der Waals surface area contributed by atoms with Gasteiger partial charge in [-0.2, -0.15) is 5.10 Å². The van der Waals surface area contributed by atoms with Crippen LogP contribution in [0.4, 0.5) is 11.4 Å². The SMILES string of the molecule is CC(C(c1ccc(N2c3ccccc3SC2N)cc1)n1cncn1)N(C)C. The highest BCUT2D eigenvalue weighted by Crippen LogP contribution is 2.45. The molecule has 140 valence electrons. The van der Waals surface area contributed by atoms with E-state index in [2.05, 4.69) is 89.4 Å². The van der Waals surface area contributed by atoms with Gasteiger partial charge in [-0.1, -0.05) is 36.0 Å². The Morgan fingerprint density at radius 2 is 1.85 bits per heavy atom. The van der Waals surface area contributed by atoms with Gasteiger partial charge in [-0.3, -0.25) is 0 Å². The molecule has 3 atom stereocenters. The van der Waals surface area contributed by atoms with Crippen LogP contribution in [0, 0.1) is 0 Å². The third-order valence-corrected chi connectivity index (χ3v) is 6.18. The predicted octanol–water partition coefficient (Wildman–Crippen LogP) is 3.30. The summed E-state index contributed by atoms with van der Waals surface area (Å²) < 4.78 is 1.92. The number of para-hydroxylation sites is 1. The number of nitrogens with zero attached hydrogens (tertiary/aromatic N) is 5. The Morgan fingerprint density at radius 1 is 1.11 bits per heavy atom. The second-order valence-electron chi connectivity index (χ2n) is 6.96. The molecular weight excluding hydrogens is 356 g/mol. The number of hydrogen-bond acceptors (Lipinski definition) is 6. The first-order chi connectivity index (χ1) is 13.1. The van der Waals surface area contributed by atoms with Crippen LogP contribution in [0.1, 0.15) is 18.5 Å². The number of likely N-dealkylation sites (N-methyl/N-ethyl adjacent to an activating group) is 1. The van der Waals surface area contributed by atoms with Gasteiger partial charge in [0.15, 0.2) is 0 Å². The Hall–Kier alpha value is -2.35. The van der Waals surface area contributed by atoms with Gasteiger partial charge in [0.05, 0.1) is 11.7 Å². The van der Waals surface area contributed by atoms with Gasteiger partial charge in [0.1, 0.15) is 18.2 Å². The average molecular weight is 381 g/mol. The topological polar surface area (TPSA) is 63.2 Å². The minimum Gasteiger partial charge on any atom is -0.315 e. The molecule has 3 unspecified atom stereocenters. The fourth-order valence-corrected chi connectivity index (χ4v) is 4.53. The highest BCUT2D eigenvalue weighted by Gasteiger charge is 2.29. The second kappa shape index (κ2) is 7.34. The van der Waals surface area contributed by atoms with E-state index in [0.717, 1.165) is 11.4 Å². The standard InChI is InChI=1S/C20H24N6S/c1-14(24(2)3)19(25-13-22-12-23-25)15-8-10-16(11-9-15)26-17-6-4-5-7-18(17)27-20(26)21/h4-14,19-20H,21H2,1-3H3. The summed E-state index contributed by atoms with van der Waals surface area (Å²) in [5, 5.41) is 4.38. The quantitative estimate of drug-likeness (QED) is 0.733. The van der Waals surface area contributed by atoms with Crippen LogP contribution >= 0.6 is 11.8 Å². The summed E-state index contributed by atoms with van der Waals surface area (Å²) in [4.78, 5) is 9.73. The van der Waals surface area contributed by atoms with Crippen molar-refractivity contribution in [3.8, 4) is 0 Å². The number of nitrogens with two attached hydrogens (primary N) is 1. The Bertz CT molecular complexity index is 893. The summed E-state index contributed by atoms with van der Waals surface area (Å²) in [6, 6.07) is 17.3. The zero-order valence-electron chi connectivity index (χ0n) is 15.7. The molecule has 0 fully saturated rings. The summed E-state index contributed by atoms with van der Waals surface area (Å²) in [5.41, 5.74) is 9.73.